The average Bonchev–Trinajstić information content (AvgIpc) is 2.52. The predicted octanol–water partition coefficient (Wildman–Crippen LogP) is 3.77. The Morgan fingerprint density at radius 3 is 2.60 bits per heavy atom. The molecule has 1 aromatic carbocycles. The molecule has 1 aromatic heterocycles. The van der Waals surface area contributed by atoms with Crippen molar-refractivity contribution in [2.75, 3.05) is 5.73 Å². The van der Waals surface area contributed by atoms with Crippen LogP contribution in [0.3, 0.4) is 0 Å². The normalized spacial score (nSPS) is 10.6. The highest BCUT2D eigenvalue weighted by Gasteiger charge is 2.07. The lowest BCUT2D eigenvalue weighted by Crippen LogP contribution is -1.86. The van der Waals surface area contributed by atoms with Crippen LogP contribution < -0.4 is 5.73 Å². The summed E-state index contributed by atoms with van der Waals surface area (Å²) in [6.07, 6.45) is 0. The fourth-order valence-electron chi connectivity index (χ4n) is 1.26. The third-order valence-corrected chi connectivity index (χ3v) is 4.14. The summed E-state index contributed by atoms with van der Waals surface area (Å²) >= 11 is 5.14. The first-order valence-electron chi connectivity index (χ1n) is 4.57. The lowest BCUT2D eigenvalue weighted by atomic mass is 10.2. The zero-order chi connectivity index (χ0) is 11.0. The monoisotopic (exact) mass is 282 g/mol. The number of benzene rings is 1. The molecule has 0 saturated carbocycles. The van der Waals surface area contributed by atoms with Crippen molar-refractivity contribution in [1.82, 2.24) is 4.98 Å². The van der Waals surface area contributed by atoms with Crippen LogP contribution >= 0.6 is 27.3 Å². The Morgan fingerprint density at radius 2 is 2.07 bits per heavy atom. The van der Waals surface area contributed by atoms with E-state index in [0.29, 0.717) is 5.82 Å². The number of nitrogens with two attached hydrogens (primary N) is 1. The van der Waals surface area contributed by atoms with Crippen LogP contribution in [-0.2, 0) is 0 Å². The molecule has 0 amide bonds. The first-order valence-corrected chi connectivity index (χ1v) is 6.18. The SMILES string of the molecule is Cc1ccc(-c2nc(N)c(C)s2)cc1Br. The van der Waals surface area contributed by atoms with Crippen molar-refractivity contribution in [2.24, 2.45) is 0 Å². The van der Waals surface area contributed by atoms with Crippen LogP contribution in [0.25, 0.3) is 10.6 Å². The molecule has 2 nitrogen and oxygen atoms in total. The van der Waals surface area contributed by atoms with Crippen molar-refractivity contribution < 1.29 is 0 Å². The van der Waals surface area contributed by atoms with E-state index in [1.807, 2.05) is 6.92 Å². The highest BCUT2D eigenvalue weighted by atomic mass is 79.9. The van der Waals surface area contributed by atoms with Gasteiger partial charge in [-0.3, -0.25) is 0 Å². The number of hydrogen-bond donors (Lipinski definition) is 1. The van der Waals surface area contributed by atoms with Crippen LogP contribution in [0.15, 0.2) is 22.7 Å². The minimum absolute atomic E-state index is 0.631. The van der Waals surface area contributed by atoms with Crippen LogP contribution in [-0.4, -0.2) is 4.98 Å². The maximum atomic E-state index is 5.73. The highest BCUT2D eigenvalue weighted by molar-refractivity contribution is 9.10. The van der Waals surface area contributed by atoms with E-state index in [4.69, 9.17) is 5.73 Å². The van der Waals surface area contributed by atoms with Gasteiger partial charge in [-0.05, 0) is 25.5 Å². The average molecular weight is 283 g/mol. The standard InChI is InChI=1S/C11H11BrN2S/c1-6-3-4-8(5-9(6)12)11-14-10(13)7(2)15-11/h3-5H,13H2,1-2H3. The Kier molecular flexibility index (Phi) is 2.80. The molecule has 0 aliphatic carbocycles. The number of rotatable bonds is 1. The Bertz CT molecular complexity index is 486. The smallest absolute Gasteiger partial charge is 0.138 e. The van der Waals surface area contributed by atoms with Crippen molar-refractivity contribution in [3.8, 4) is 10.6 Å². The summed E-state index contributed by atoms with van der Waals surface area (Å²) in [7, 11) is 0. The van der Waals surface area contributed by atoms with E-state index in [9.17, 15) is 0 Å². The molecule has 4 heteroatoms. The minimum atomic E-state index is 0.631. The number of thiazole rings is 1. The van der Waals surface area contributed by atoms with Crippen LogP contribution in [0.5, 0.6) is 0 Å². The van der Waals surface area contributed by atoms with Gasteiger partial charge >= 0.3 is 0 Å². The van der Waals surface area contributed by atoms with E-state index in [-0.39, 0.29) is 0 Å². The van der Waals surface area contributed by atoms with Gasteiger partial charge in [0.15, 0.2) is 0 Å². The molecule has 0 aliphatic heterocycles. The molecule has 0 radical (unpaired) electrons. The minimum Gasteiger partial charge on any atom is -0.383 e. The molecular formula is C11H11BrN2S. The van der Waals surface area contributed by atoms with Crippen molar-refractivity contribution in [3.63, 3.8) is 0 Å². The molecule has 0 fully saturated rings. The second-order valence-corrected chi connectivity index (χ2v) is 5.48. The summed E-state index contributed by atoms with van der Waals surface area (Å²) in [6.45, 7) is 4.05. The van der Waals surface area contributed by atoms with Gasteiger partial charge in [-0.25, -0.2) is 4.98 Å². The third kappa shape index (κ3) is 2.06. The number of hydrogen-bond acceptors (Lipinski definition) is 3. The van der Waals surface area contributed by atoms with Gasteiger partial charge in [-0.15, -0.1) is 11.3 Å². The molecule has 0 unspecified atom stereocenters. The summed E-state index contributed by atoms with van der Waals surface area (Å²) in [5.74, 6) is 0.631. The topological polar surface area (TPSA) is 38.9 Å². The fourth-order valence-corrected chi connectivity index (χ4v) is 2.47. The van der Waals surface area contributed by atoms with Gasteiger partial charge < -0.3 is 5.73 Å². The van der Waals surface area contributed by atoms with E-state index in [2.05, 4.69) is 46.0 Å². The highest BCUT2D eigenvalue weighted by Crippen LogP contribution is 2.31. The van der Waals surface area contributed by atoms with Crippen LogP contribution in [0, 0.1) is 13.8 Å². The van der Waals surface area contributed by atoms with Crippen molar-refractivity contribution in [2.45, 2.75) is 13.8 Å². The molecular weight excluding hydrogens is 272 g/mol. The number of nitrogen functional groups attached to an aromatic ring is 1. The van der Waals surface area contributed by atoms with Gasteiger partial charge in [-0.1, -0.05) is 28.1 Å². The molecule has 2 aromatic rings. The van der Waals surface area contributed by atoms with E-state index < -0.39 is 0 Å². The Labute approximate surface area is 101 Å². The Morgan fingerprint density at radius 1 is 1.33 bits per heavy atom. The van der Waals surface area contributed by atoms with Gasteiger partial charge in [0.25, 0.3) is 0 Å². The first-order chi connectivity index (χ1) is 7.08. The summed E-state index contributed by atoms with van der Waals surface area (Å²) in [5, 5.41) is 0.978. The molecule has 1 heterocycles. The molecule has 0 saturated heterocycles. The van der Waals surface area contributed by atoms with Gasteiger partial charge in [0, 0.05) is 14.9 Å². The van der Waals surface area contributed by atoms with E-state index in [1.165, 1.54) is 5.56 Å². The second kappa shape index (κ2) is 3.94. The Balaban J connectivity index is 2.49. The van der Waals surface area contributed by atoms with E-state index in [0.717, 1.165) is 19.9 Å². The molecule has 0 atom stereocenters. The molecule has 0 aliphatic rings. The van der Waals surface area contributed by atoms with Crippen molar-refractivity contribution in [1.29, 1.82) is 0 Å². The second-order valence-electron chi connectivity index (χ2n) is 3.42. The molecule has 0 spiro atoms. The van der Waals surface area contributed by atoms with Gasteiger partial charge in [0.05, 0.1) is 0 Å². The number of anilines is 1. The van der Waals surface area contributed by atoms with Crippen molar-refractivity contribution in [3.05, 3.63) is 33.1 Å². The number of nitrogens with zero attached hydrogens (tertiary/aromatic N) is 1. The number of aromatic nitrogens is 1. The molecule has 15 heavy (non-hydrogen) atoms. The molecule has 2 N–H and O–H groups in total. The summed E-state index contributed by atoms with van der Waals surface area (Å²) in [6, 6.07) is 6.22. The van der Waals surface area contributed by atoms with Crippen LogP contribution in [0.4, 0.5) is 5.82 Å². The fraction of sp³-hybridized carbons (Fsp3) is 0.182. The van der Waals surface area contributed by atoms with Gasteiger partial charge in [0.1, 0.15) is 10.8 Å². The largest absolute Gasteiger partial charge is 0.383 e. The molecule has 2 rings (SSSR count). The van der Waals surface area contributed by atoms with Crippen LogP contribution in [0.2, 0.25) is 0 Å². The third-order valence-electron chi connectivity index (χ3n) is 2.25. The number of halogens is 1. The summed E-state index contributed by atoms with van der Waals surface area (Å²) in [4.78, 5) is 5.40. The summed E-state index contributed by atoms with van der Waals surface area (Å²) < 4.78 is 1.10. The Hall–Kier alpha value is -0.870. The lowest BCUT2D eigenvalue weighted by Gasteiger charge is -2.00. The van der Waals surface area contributed by atoms with E-state index in [1.54, 1.807) is 11.3 Å². The maximum Gasteiger partial charge on any atom is 0.138 e. The predicted molar refractivity (Wildman–Crippen MR) is 69.1 cm³/mol. The zero-order valence-electron chi connectivity index (χ0n) is 8.54. The van der Waals surface area contributed by atoms with Gasteiger partial charge in [0.2, 0.25) is 0 Å². The quantitative estimate of drug-likeness (QED) is 0.865. The van der Waals surface area contributed by atoms with Gasteiger partial charge in [-0.2, -0.15) is 0 Å². The number of aryl methyl sites for hydroxylation is 2. The molecule has 78 valence electrons. The van der Waals surface area contributed by atoms with Crippen LogP contribution in [0.1, 0.15) is 10.4 Å². The molecule has 0 bridgehead atoms. The lowest BCUT2D eigenvalue weighted by molar-refractivity contribution is 1.37. The summed E-state index contributed by atoms with van der Waals surface area (Å²) in [5.41, 5.74) is 8.06. The first kappa shape index (κ1) is 10.6. The zero-order valence-corrected chi connectivity index (χ0v) is 10.9. The maximum absolute atomic E-state index is 5.73. The van der Waals surface area contributed by atoms with E-state index >= 15 is 0 Å². The van der Waals surface area contributed by atoms with Crippen molar-refractivity contribution >= 4 is 33.1 Å².